The number of halogens is 2. The van der Waals surface area contributed by atoms with Crippen molar-refractivity contribution in [3.63, 3.8) is 0 Å². The van der Waals surface area contributed by atoms with E-state index in [9.17, 15) is 8.42 Å². The molecule has 2 heterocycles. The van der Waals surface area contributed by atoms with Gasteiger partial charge in [0.2, 0.25) is 0 Å². The molecule has 9 heteroatoms. The molecular weight excluding hydrogens is 400 g/mol. The van der Waals surface area contributed by atoms with Crippen molar-refractivity contribution in [2.75, 3.05) is 26.8 Å². The van der Waals surface area contributed by atoms with Crippen molar-refractivity contribution in [3.05, 3.63) is 15.4 Å². The highest BCUT2D eigenvalue weighted by Crippen LogP contribution is 2.31. The summed E-state index contributed by atoms with van der Waals surface area (Å²) in [6.07, 6.45) is 1.95. The fourth-order valence-corrected chi connectivity index (χ4v) is 6.34. The van der Waals surface area contributed by atoms with Gasteiger partial charge in [0.25, 0.3) is 10.0 Å². The first kappa shape index (κ1) is 19.3. The molecule has 0 radical (unpaired) electrons. The van der Waals surface area contributed by atoms with Gasteiger partial charge in [0.15, 0.2) is 0 Å². The summed E-state index contributed by atoms with van der Waals surface area (Å²) in [6, 6.07) is 1.82. The van der Waals surface area contributed by atoms with Crippen LogP contribution in [0.25, 0.3) is 0 Å². The van der Waals surface area contributed by atoms with Gasteiger partial charge in [0.05, 0.1) is 12.1 Å². The fraction of sp³-hybridized carbons (Fsp3) is 0.667. The Kier molecular flexibility index (Phi) is 7.11. The number of ether oxygens (including phenoxy) is 1. The summed E-state index contributed by atoms with van der Waals surface area (Å²) >= 11 is 4.57. The second-order valence-electron chi connectivity index (χ2n) is 5.06. The van der Waals surface area contributed by atoms with Crippen molar-refractivity contribution >= 4 is 49.7 Å². The molecule has 0 amide bonds. The Morgan fingerprint density at radius 3 is 2.76 bits per heavy atom. The van der Waals surface area contributed by atoms with E-state index in [2.05, 4.69) is 26.0 Å². The van der Waals surface area contributed by atoms with E-state index < -0.39 is 10.0 Å². The highest BCUT2D eigenvalue weighted by molar-refractivity contribution is 9.10. The average molecular weight is 420 g/mol. The van der Waals surface area contributed by atoms with E-state index in [0.717, 1.165) is 24.3 Å². The van der Waals surface area contributed by atoms with Gasteiger partial charge < -0.3 is 10.1 Å². The lowest BCUT2D eigenvalue weighted by atomic mass is 9.99. The molecule has 0 saturated carbocycles. The highest BCUT2D eigenvalue weighted by atomic mass is 79.9. The number of nitrogens with one attached hydrogen (secondary N) is 2. The Balaban J connectivity index is 0.00000220. The Morgan fingerprint density at radius 2 is 2.29 bits per heavy atom. The Hall–Kier alpha value is 0.300. The molecule has 21 heavy (non-hydrogen) atoms. The van der Waals surface area contributed by atoms with Crippen LogP contribution in [0.1, 0.15) is 17.7 Å². The number of thiophene rings is 1. The van der Waals surface area contributed by atoms with Gasteiger partial charge in [-0.2, -0.15) is 0 Å². The number of aryl methyl sites for hydroxylation is 1. The smallest absolute Gasteiger partial charge is 0.251 e. The SMILES string of the molecule is COCC1(CNS(=O)(=O)c2sc(C)cc2Br)CCCN1.Cl. The summed E-state index contributed by atoms with van der Waals surface area (Å²) in [5, 5.41) is 3.35. The standard InChI is InChI=1S/C12H19BrN2O3S2.ClH/c1-9-6-10(13)11(19-9)20(16,17)15-7-12(8-18-2)4-3-5-14-12;/h6,14-15H,3-5,7-8H2,1-2H3;1H. The molecule has 0 aliphatic carbocycles. The minimum atomic E-state index is -3.49. The van der Waals surface area contributed by atoms with Crippen molar-refractivity contribution in [2.45, 2.75) is 29.5 Å². The van der Waals surface area contributed by atoms with E-state index in [1.165, 1.54) is 11.3 Å². The molecule has 0 aromatic carbocycles. The molecule has 1 aliphatic heterocycles. The first-order valence-corrected chi connectivity index (χ1v) is 9.47. The molecule has 0 spiro atoms. The third-order valence-corrected chi connectivity index (χ3v) is 7.51. The minimum absolute atomic E-state index is 0. The van der Waals surface area contributed by atoms with Gasteiger partial charge in [-0.15, -0.1) is 23.7 Å². The van der Waals surface area contributed by atoms with E-state index in [-0.39, 0.29) is 17.9 Å². The first-order chi connectivity index (χ1) is 9.38. The van der Waals surface area contributed by atoms with Gasteiger partial charge in [0, 0.05) is 23.0 Å². The zero-order chi connectivity index (χ0) is 14.8. The molecule has 1 aliphatic rings. The van der Waals surface area contributed by atoms with Crippen LogP contribution in [-0.2, 0) is 14.8 Å². The largest absolute Gasteiger partial charge is 0.383 e. The molecule has 122 valence electrons. The second-order valence-corrected chi connectivity index (χ2v) is 9.13. The van der Waals surface area contributed by atoms with Gasteiger partial charge in [-0.05, 0) is 48.3 Å². The van der Waals surface area contributed by atoms with Crippen molar-refractivity contribution < 1.29 is 13.2 Å². The van der Waals surface area contributed by atoms with E-state index in [4.69, 9.17) is 4.74 Å². The van der Waals surface area contributed by atoms with Gasteiger partial charge in [0.1, 0.15) is 4.21 Å². The fourth-order valence-electron chi connectivity index (χ4n) is 2.41. The predicted octanol–water partition coefficient (Wildman–Crippen LogP) is 2.29. The van der Waals surface area contributed by atoms with E-state index in [1.54, 1.807) is 7.11 Å². The number of rotatable bonds is 6. The van der Waals surface area contributed by atoms with Gasteiger partial charge in [-0.3, -0.25) is 0 Å². The monoisotopic (exact) mass is 418 g/mol. The van der Waals surface area contributed by atoms with Crippen LogP contribution in [0.3, 0.4) is 0 Å². The van der Waals surface area contributed by atoms with Crippen molar-refractivity contribution in [1.82, 2.24) is 10.0 Å². The number of sulfonamides is 1. The zero-order valence-corrected chi connectivity index (χ0v) is 16.0. The van der Waals surface area contributed by atoms with Crippen molar-refractivity contribution in [1.29, 1.82) is 0 Å². The van der Waals surface area contributed by atoms with Gasteiger partial charge in [-0.25, -0.2) is 13.1 Å². The van der Waals surface area contributed by atoms with Crippen LogP contribution in [0.15, 0.2) is 14.7 Å². The van der Waals surface area contributed by atoms with Crippen molar-refractivity contribution in [3.8, 4) is 0 Å². The lowest BCUT2D eigenvalue weighted by molar-refractivity contribution is 0.122. The van der Waals surface area contributed by atoms with Crippen LogP contribution in [0, 0.1) is 6.92 Å². The van der Waals surface area contributed by atoms with Crippen LogP contribution in [-0.4, -0.2) is 40.8 Å². The third kappa shape index (κ3) is 4.63. The van der Waals surface area contributed by atoms with Crippen LogP contribution in [0.4, 0.5) is 0 Å². The molecule has 5 nitrogen and oxygen atoms in total. The lowest BCUT2D eigenvalue weighted by Crippen LogP contribution is -2.52. The molecule has 2 rings (SSSR count). The summed E-state index contributed by atoms with van der Waals surface area (Å²) in [7, 11) is -1.85. The lowest BCUT2D eigenvalue weighted by Gasteiger charge is -2.28. The second kappa shape index (κ2) is 7.72. The summed E-state index contributed by atoms with van der Waals surface area (Å²) in [6.45, 7) is 3.62. The molecule has 2 N–H and O–H groups in total. The molecule has 1 atom stereocenters. The minimum Gasteiger partial charge on any atom is -0.383 e. The van der Waals surface area contributed by atoms with Gasteiger partial charge >= 0.3 is 0 Å². The molecule has 1 fully saturated rings. The Labute approximate surface area is 144 Å². The normalized spacial score (nSPS) is 22.2. The topological polar surface area (TPSA) is 67.4 Å². The summed E-state index contributed by atoms with van der Waals surface area (Å²) in [4.78, 5) is 0.961. The maximum absolute atomic E-state index is 12.4. The van der Waals surface area contributed by atoms with E-state index >= 15 is 0 Å². The Morgan fingerprint density at radius 1 is 1.57 bits per heavy atom. The van der Waals surface area contributed by atoms with E-state index in [0.29, 0.717) is 21.8 Å². The van der Waals surface area contributed by atoms with Gasteiger partial charge in [-0.1, -0.05) is 0 Å². The van der Waals surface area contributed by atoms with E-state index in [1.807, 2.05) is 13.0 Å². The zero-order valence-electron chi connectivity index (χ0n) is 11.9. The predicted molar refractivity (Wildman–Crippen MR) is 91.0 cm³/mol. The molecule has 0 bridgehead atoms. The quantitative estimate of drug-likeness (QED) is 0.742. The van der Waals surface area contributed by atoms with Crippen molar-refractivity contribution in [2.24, 2.45) is 0 Å². The van der Waals surface area contributed by atoms with Crippen LogP contribution < -0.4 is 10.0 Å². The Bertz CT molecular complexity index is 571. The maximum atomic E-state index is 12.4. The highest BCUT2D eigenvalue weighted by Gasteiger charge is 2.35. The summed E-state index contributed by atoms with van der Waals surface area (Å²) < 4.78 is 33.6. The molecule has 1 aromatic heterocycles. The molecule has 1 saturated heterocycles. The first-order valence-electron chi connectivity index (χ1n) is 6.38. The number of methoxy groups -OCH3 is 1. The molecular formula is C12H20BrClN2O3S2. The molecule has 1 unspecified atom stereocenters. The summed E-state index contributed by atoms with van der Waals surface area (Å²) in [5.74, 6) is 0. The number of hydrogen-bond donors (Lipinski definition) is 2. The van der Waals surface area contributed by atoms with Crippen LogP contribution >= 0.6 is 39.7 Å². The number of hydrogen-bond acceptors (Lipinski definition) is 5. The van der Waals surface area contributed by atoms with Crippen LogP contribution in [0.5, 0.6) is 0 Å². The maximum Gasteiger partial charge on any atom is 0.251 e. The molecule has 1 aromatic rings. The van der Waals surface area contributed by atoms with Crippen LogP contribution in [0.2, 0.25) is 0 Å². The third-order valence-electron chi connectivity index (χ3n) is 3.38. The average Bonchev–Trinajstić information content (AvgIpc) is 2.95. The summed E-state index contributed by atoms with van der Waals surface area (Å²) in [5.41, 5.74) is -0.291.